The molecular weight excluding hydrogens is 446 g/mol. The number of hydrogen-bond donors (Lipinski definition) is 3. The lowest BCUT2D eigenvalue weighted by atomic mass is 9.43. The van der Waals surface area contributed by atoms with Gasteiger partial charge in [0.25, 0.3) is 0 Å². The molecule has 188 valence electrons. The minimum Gasteiger partial charge on any atom is -0.393 e. The van der Waals surface area contributed by atoms with E-state index in [4.69, 9.17) is 0 Å². The number of amides is 1. The number of nitrogens with one attached hydrogen (secondary N) is 1. The Balaban J connectivity index is 1.31. The Bertz CT molecular complexity index is 918. The minimum absolute atomic E-state index is 0.0229. The molecule has 1 heterocycles. The molecule has 0 spiro atoms. The van der Waals surface area contributed by atoms with Crippen LogP contribution in [0.3, 0.4) is 0 Å². The van der Waals surface area contributed by atoms with Gasteiger partial charge in [-0.05, 0) is 85.0 Å². The maximum absolute atomic E-state index is 13.5. The van der Waals surface area contributed by atoms with E-state index in [1.54, 1.807) is 11.3 Å². The van der Waals surface area contributed by atoms with E-state index in [1.165, 1.54) is 0 Å². The molecule has 0 radical (unpaired) electrons. The van der Waals surface area contributed by atoms with Crippen molar-refractivity contribution in [2.45, 2.75) is 90.9 Å². The summed E-state index contributed by atoms with van der Waals surface area (Å²) in [5.74, 6) is 1.51. The van der Waals surface area contributed by atoms with Crippen LogP contribution in [0.1, 0.15) is 77.0 Å². The molecule has 6 heteroatoms. The van der Waals surface area contributed by atoms with E-state index in [0.29, 0.717) is 31.6 Å². The van der Waals surface area contributed by atoms with Crippen LogP contribution in [0.4, 0.5) is 0 Å². The molecule has 5 rings (SSSR count). The van der Waals surface area contributed by atoms with Gasteiger partial charge in [-0.2, -0.15) is 0 Å². The van der Waals surface area contributed by atoms with E-state index in [0.717, 1.165) is 37.0 Å². The van der Waals surface area contributed by atoms with Crippen molar-refractivity contribution >= 4 is 23.0 Å². The molecule has 5 nitrogen and oxygen atoms in total. The Labute approximate surface area is 207 Å². The average molecular weight is 488 g/mol. The molecule has 1 aromatic heterocycles. The topological polar surface area (TPSA) is 86.6 Å². The Morgan fingerprint density at radius 2 is 2.00 bits per heavy atom. The summed E-state index contributed by atoms with van der Waals surface area (Å²) in [5, 5.41) is 27.0. The standard InChI is InChI=1S/C28H41NO4S/c1-16(11-25(33)29-15-19-5-4-10-34-19)20-6-7-21-26-22(14-24(32)28(20,21)3)27(2)9-8-18(30)12-17(27)13-23(26)31/h4-5,10,16-18,20-22,24,26,30,32H,6-9,11-15H2,1-3H3,(H,29,33)/t16-,17+,18-,20?,21+,22+,24+,26+,27+,28-/m1/s1. The van der Waals surface area contributed by atoms with E-state index >= 15 is 0 Å². The van der Waals surface area contributed by atoms with Crippen LogP contribution in [0.15, 0.2) is 17.5 Å². The molecule has 10 atom stereocenters. The highest BCUT2D eigenvalue weighted by Gasteiger charge is 2.65. The second-order valence-electron chi connectivity index (χ2n) is 12.4. The van der Waals surface area contributed by atoms with E-state index in [-0.39, 0.29) is 58.3 Å². The average Bonchev–Trinajstić information content (AvgIpc) is 3.42. The molecule has 1 aromatic rings. The van der Waals surface area contributed by atoms with Crippen LogP contribution >= 0.6 is 11.3 Å². The van der Waals surface area contributed by atoms with Crippen LogP contribution in [-0.2, 0) is 16.1 Å². The summed E-state index contributed by atoms with van der Waals surface area (Å²) in [4.78, 5) is 27.4. The zero-order chi connectivity index (χ0) is 24.3. The van der Waals surface area contributed by atoms with Crippen LogP contribution < -0.4 is 5.32 Å². The summed E-state index contributed by atoms with van der Waals surface area (Å²) in [7, 11) is 0. The van der Waals surface area contributed by atoms with Gasteiger partial charge in [0.05, 0.1) is 18.8 Å². The van der Waals surface area contributed by atoms with Crippen molar-refractivity contribution in [3.8, 4) is 0 Å². The van der Waals surface area contributed by atoms with Gasteiger partial charge in [0, 0.05) is 29.1 Å². The lowest BCUT2D eigenvalue weighted by molar-refractivity contribution is -0.182. The number of carbonyl (C=O) groups is 2. The van der Waals surface area contributed by atoms with Crippen molar-refractivity contribution in [1.29, 1.82) is 0 Å². The number of aliphatic hydroxyl groups excluding tert-OH is 2. The fourth-order valence-electron chi connectivity index (χ4n) is 8.95. The molecule has 34 heavy (non-hydrogen) atoms. The lowest BCUT2D eigenvalue weighted by Crippen LogP contribution is -2.61. The first-order valence-corrected chi connectivity index (χ1v) is 14.2. The molecule has 1 amide bonds. The summed E-state index contributed by atoms with van der Waals surface area (Å²) in [5.41, 5.74) is -0.285. The van der Waals surface area contributed by atoms with Gasteiger partial charge >= 0.3 is 0 Å². The summed E-state index contributed by atoms with van der Waals surface area (Å²) in [6, 6.07) is 4.03. The zero-order valence-corrected chi connectivity index (χ0v) is 21.7. The highest BCUT2D eigenvalue weighted by Crippen LogP contribution is 2.67. The van der Waals surface area contributed by atoms with Crippen LogP contribution in [0.25, 0.3) is 0 Å². The van der Waals surface area contributed by atoms with Gasteiger partial charge in [-0.15, -0.1) is 11.3 Å². The monoisotopic (exact) mass is 487 g/mol. The largest absolute Gasteiger partial charge is 0.393 e. The van der Waals surface area contributed by atoms with Gasteiger partial charge in [-0.1, -0.05) is 26.8 Å². The van der Waals surface area contributed by atoms with Crippen LogP contribution in [0, 0.1) is 46.3 Å². The molecule has 3 N–H and O–H groups in total. The van der Waals surface area contributed by atoms with Crippen molar-refractivity contribution in [3.63, 3.8) is 0 Å². The van der Waals surface area contributed by atoms with Gasteiger partial charge in [0.2, 0.25) is 5.91 Å². The number of fused-ring (bicyclic) bond motifs is 5. The molecule has 4 saturated carbocycles. The van der Waals surface area contributed by atoms with Crippen LogP contribution in [0.2, 0.25) is 0 Å². The molecule has 0 aliphatic heterocycles. The van der Waals surface area contributed by atoms with Crippen molar-refractivity contribution < 1.29 is 19.8 Å². The summed E-state index contributed by atoms with van der Waals surface area (Å²) in [6.45, 7) is 7.27. The highest BCUT2D eigenvalue weighted by atomic mass is 32.1. The molecule has 4 aliphatic rings. The number of Topliss-reactive ketones (excluding diaryl/α,β-unsaturated/α-hetero) is 1. The highest BCUT2D eigenvalue weighted by molar-refractivity contribution is 7.09. The third kappa shape index (κ3) is 3.88. The number of aliphatic hydroxyl groups is 2. The van der Waals surface area contributed by atoms with Crippen molar-refractivity contribution in [2.75, 3.05) is 0 Å². The Hall–Kier alpha value is -1.24. The number of ketones is 1. The van der Waals surface area contributed by atoms with Crippen LogP contribution in [-0.4, -0.2) is 34.1 Å². The van der Waals surface area contributed by atoms with Crippen LogP contribution in [0.5, 0.6) is 0 Å². The first-order valence-electron chi connectivity index (χ1n) is 13.3. The molecule has 0 aromatic carbocycles. The van der Waals surface area contributed by atoms with Crippen molar-refractivity contribution in [2.24, 2.45) is 46.3 Å². The van der Waals surface area contributed by atoms with E-state index < -0.39 is 6.10 Å². The smallest absolute Gasteiger partial charge is 0.220 e. The zero-order valence-electron chi connectivity index (χ0n) is 20.8. The molecule has 4 aliphatic carbocycles. The summed E-state index contributed by atoms with van der Waals surface area (Å²) >= 11 is 1.65. The third-order valence-corrected chi connectivity index (χ3v) is 11.7. The van der Waals surface area contributed by atoms with Gasteiger partial charge in [-0.3, -0.25) is 9.59 Å². The fraction of sp³-hybridized carbons (Fsp3) is 0.786. The predicted molar refractivity (Wildman–Crippen MR) is 133 cm³/mol. The number of carbonyl (C=O) groups excluding carboxylic acids is 2. The van der Waals surface area contributed by atoms with E-state index in [1.807, 2.05) is 17.5 Å². The maximum Gasteiger partial charge on any atom is 0.220 e. The Morgan fingerprint density at radius 3 is 2.74 bits per heavy atom. The molecular formula is C28H41NO4S. The minimum atomic E-state index is -0.446. The first-order chi connectivity index (χ1) is 16.1. The maximum atomic E-state index is 13.5. The second kappa shape index (κ2) is 9.01. The predicted octanol–water partition coefficient (Wildman–Crippen LogP) is 4.56. The second-order valence-corrected chi connectivity index (χ2v) is 13.4. The number of hydrogen-bond acceptors (Lipinski definition) is 5. The van der Waals surface area contributed by atoms with Gasteiger partial charge < -0.3 is 15.5 Å². The molecule has 1 unspecified atom stereocenters. The quantitative estimate of drug-likeness (QED) is 0.568. The number of rotatable bonds is 5. The van der Waals surface area contributed by atoms with Gasteiger partial charge in [0.1, 0.15) is 5.78 Å². The molecule has 4 fully saturated rings. The molecule has 0 saturated heterocycles. The SMILES string of the molecule is C[C@H](CC(=O)NCc1cccs1)C1CC[C@H]2[C@@H]3C(=O)C[C@@H]4C[C@H](O)CC[C@]4(C)[C@H]3C[C@H](O)[C@]12C. The van der Waals surface area contributed by atoms with E-state index in [9.17, 15) is 19.8 Å². The third-order valence-electron chi connectivity index (χ3n) is 10.9. The van der Waals surface area contributed by atoms with Crippen molar-refractivity contribution in [1.82, 2.24) is 5.32 Å². The summed E-state index contributed by atoms with van der Waals surface area (Å²) in [6.07, 6.45) is 5.43. The van der Waals surface area contributed by atoms with Crippen molar-refractivity contribution in [3.05, 3.63) is 22.4 Å². The van der Waals surface area contributed by atoms with Gasteiger partial charge in [0.15, 0.2) is 0 Å². The Kier molecular flexibility index (Phi) is 6.48. The fourth-order valence-corrected chi connectivity index (χ4v) is 9.60. The first kappa shape index (κ1) is 24.5. The number of thiophene rings is 1. The Morgan fingerprint density at radius 1 is 1.21 bits per heavy atom. The van der Waals surface area contributed by atoms with Gasteiger partial charge in [-0.25, -0.2) is 0 Å². The normalized spacial score (nSPS) is 44.6. The lowest BCUT2D eigenvalue weighted by Gasteiger charge is -2.61. The van der Waals surface area contributed by atoms with E-state index in [2.05, 4.69) is 26.1 Å². The molecule has 0 bridgehead atoms. The summed E-state index contributed by atoms with van der Waals surface area (Å²) < 4.78 is 0.